The Balaban J connectivity index is 2.30. The Morgan fingerprint density at radius 2 is 2.27 bits per heavy atom. The van der Waals surface area contributed by atoms with Crippen molar-refractivity contribution in [1.29, 1.82) is 0 Å². The van der Waals surface area contributed by atoms with Gasteiger partial charge in [0.2, 0.25) is 0 Å². The van der Waals surface area contributed by atoms with Crippen molar-refractivity contribution in [2.24, 2.45) is 4.99 Å². The monoisotopic (exact) mass is 359 g/mol. The molecule has 0 saturated carbocycles. The standard InChI is InChI=1S/C20H29N3O3/c1-4-18(21-3)13-23-15-22-11-7-10-19(5-2)26-14-16-8-6-9-17(12-16)20(24)25/h4,6,8-9,12-13,15,19,21H,1,5,7,10-11,14H2,2-3H3,(H,22,23)(H,24,25)/b18-13+. The van der Waals surface area contributed by atoms with Gasteiger partial charge in [0.05, 0.1) is 24.6 Å². The van der Waals surface area contributed by atoms with Crippen molar-refractivity contribution in [3.8, 4) is 0 Å². The average Bonchev–Trinajstić information content (AvgIpc) is 2.66. The molecule has 1 atom stereocenters. The number of carboxylic acids is 1. The number of rotatable bonds is 13. The van der Waals surface area contributed by atoms with Crippen LogP contribution in [-0.2, 0) is 11.3 Å². The molecule has 142 valence electrons. The second-order valence-corrected chi connectivity index (χ2v) is 5.74. The van der Waals surface area contributed by atoms with Gasteiger partial charge in [-0.15, -0.1) is 0 Å². The Labute approximate surface area is 155 Å². The van der Waals surface area contributed by atoms with Gasteiger partial charge in [-0.2, -0.15) is 0 Å². The molecule has 6 heteroatoms. The van der Waals surface area contributed by atoms with Gasteiger partial charge in [0.15, 0.2) is 0 Å². The number of aromatic carboxylic acids is 1. The molecule has 0 bridgehead atoms. The summed E-state index contributed by atoms with van der Waals surface area (Å²) in [7, 11) is 1.83. The predicted molar refractivity (Wildman–Crippen MR) is 105 cm³/mol. The van der Waals surface area contributed by atoms with Crippen LogP contribution in [0.4, 0.5) is 0 Å². The molecule has 3 N–H and O–H groups in total. The van der Waals surface area contributed by atoms with Gasteiger partial charge >= 0.3 is 5.97 Å². The smallest absolute Gasteiger partial charge is 0.335 e. The van der Waals surface area contributed by atoms with Crippen molar-refractivity contribution >= 4 is 12.3 Å². The van der Waals surface area contributed by atoms with Crippen molar-refractivity contribution in [2.75, 3.05) is 13.6 Å². The quantitative estimate of drug-likeness (QED) is 0.218. The zero-order valence-electron chi connectivity index (χ0n) is 15.6. The zero-order valence-corrected chi connectivity index (χ0v) is 15.6. The SMILES string of the molecule is C=C/C(=C\NC=NCCCC(CC)OCc1cccc(C(=O)O)c1)NC. The van der Waals surface area contributed by atoms with Gasteiger partial charge in [-0.3, -0.25) is 4.99 Å². The number of nitrogens with zero attached hydrogens (tertiary/aromatic N) is 1. The van der Waals surface area contributed by atoms with Gasteiger partial charge in [-0.1, -0.05) is 25.6 Å². The summed E-state index contributed by atoms with van der Waals surface area (Å²) >= 11 is 0. The Hall–Kier alpha value is -2.60. The lowest BCUT2D eigenvalue weighted by molar-refractivity contribution is 0.0317. The summed E-state index contributed by atoms with van der Waals surface area (Å²) in [6.07, 6.45) is 8.07. The van der Waals surface area contributed by atoms with Crippen LogP contribution in [0.15, 0.2) is 53.8 Å². The van der Waals surface area contributed by atoms with E-state index in [1.807, 2.05) is 13.1 Å². The van der Waals surface area contributed by atoms with E-state index in [1.165, 1.54) is 0 Å². The van der Waals surface area contributed by atoms with E-state index in [0.29, 0.717) is 6.61 Å². The molecule has 0 spiro atoms. The molecular weight excluding hydrogens is 330 g/mol. The van der Waals surface area contributed by atoms with Crippen LogP contribution in [0.1, 0.15) is 42.1 Å². The highest BCUT2D eigenvalue weighted by atomic mass is 16.5. The van der Waals surface area contributed by atoms with Crippen molar-refractivity contribution in [2.45, 2.75) is 38.9 Å². The maximum absolute atomic E-state index is 11.0. The number of hydrogen-bond donors (Lipinski definition) is 3. The lowest BCUT2D eigenvalue weighted by Crippen LogP contribution is -2.13. The first-order valence-corrected chi connectivity index (χ1v) is 8.79. The highest BCUT2D eigenvalue weighted by Gasteiger charge is 2.08. The predicted octanol–water partition coefficient (Wildman–Crippen LogP) is 3.32. The van der Waals surface area contributed by atoms with E-state index in [-0.39, 0.29) is 11.7 Å². The van der Waals surface area contributed by atoms with Gasteiger partial charge < -0.3 is 20.5 Å². The molecule has 1 aromatic rings. The van der Waals surface area contributed by atoms with Crippen LogP contribution in [0, 0.1) is 0 Å². The summed E-state index contributed by atoms with van der Waals surface area (Å²) in [6.45, 7) is 6.91. The number of allylic oxidation sites excluding steroid dienone is 1. The van der Waals surface area contributed by atoms with Crippen molar-refractivity contribution in [1.82, 2.24) is 10.6 Å². The highest BCUT2D eigenvalue weighted by Crippen LogP contribution is 2.12. The molecule has 6 nitrogen and oxygen atoms in total. The van der Waals surface area contributed by atoms with Crippen LogP contribution >= 0.6 is 0 Å². The normalized spacial score (nSPS) is 12.8. The number of nitrogens with one attached hydrogen (secondary N) is 2. The molecule has 0 aliphatic heterocycles. The van der Waals surface area contributed by atoms with Crippen LogP contribution in [0.25, 0.3) is 0 Å². The van der Waals surface area contributed by atoms with Gasteiger partial charge in [0, 0.05) is 25.5 Å². The zero-order chi connectivity index (χ0) is 19.2. The van der Waals surface area contributed by atoms with Crippen LogP contribution in [0.2, 0.25) is 0 Å². The molecule has 0 saturated heterocycles. The molecule has 0 amide bonds. The first-order chi connectivity index (χ1) is 12.6. The van der Waals surface area contributed by atoms with E-state index in [9.17, 15) is 4.79 Å². The molecule has 0 aliphatic rings. The summed E-state index contributed by atoms with van der Waals surface area (Å²) < 4.78 is 5.91. The Morgan fingerprint density at radius 1 is 1.46 bits per heavy atom. The molecule has 1 unspecified atom stereocenters. The molecule has 0 fully saturated rings. The minimum absolute atomic E-state index is 0.142. The fourth-order valence-corrected chi connectivity index (χ4v) is 2.30. The summed E-state index contributed by atoms with van der Waals surface area (Å²) in [5.41, 5.74) is 2.05. The Kier molecular flexibility index (Phi) is 10.5. The van der Waals surface area contributed by atoms with Crippen LogP contribution in [0.3, 0.4) is 0 Å². The third kappa shape index (κ3) is 8.48. The molecule has 0 heterocycles. The summed E-state index contributed by atoms with van der Waals surface area (Å²) in [4.78, 5) is 15.3. The summed E-state index contributed by atoms with van der Waals surface area (Å²) in [5, 5.41) is 15.0. The maximum atomic E-state index is 11.0. The molecule has 1 rings (SSSR count). The van der Waals surface area contributed by atoms with Crippen LogP contribution < -0.4 is 10.6 Å². The average molecular weight is 359 g/mol. The molecule has 0 radical (unpaired) electrons. The van der Waals surface area contributed by atoms with E-state index < -0.39 is 5.97 Å². The van der Waals surface area contributed by atoms with Gasteiger partial charge in [-0.05, 0) is 43.0 Å². The number of likely N-dealkylation sites (N-methyl/N-ethyl adjacent to an activating group) is 1. The first-order valence-electron chi connectivity index (χ1n) is 8.79. The van der Waals surface area contributed by atoms with E-state index in [2.05, 4.69) is 29.1 Å². The Morgan fingerprint density at radius 3 is 2.92 bits per heavy atom. The van der Waals surface area contributed by atoms with Gasteiger partial charge in [-0.25, -0.2) is 4.79 Å². The minimum Gasteiger partial charge on any atom is -0.478 e. The van der Waals surface area contributed by atoms with E-state index in [4.69, 9.17) is 9.84 Å². The van der Waals surface area contributed by atoms with Crippen molar-refractivity contribution in [3.63, 3.8) is 0 Å². The lowest BCUT2D eigenvalue weighted by atomic mass is 10.1. The highest BCUT2D eigenvalue weighted by molar-refractivity contribution is 5.87. The summed E-state index contributed by atoms with van der Waals surface area (Å²) in [5.74, 6) is -0.921. The number of carboxylic acid groups (broad SMARTS) is 1. The third-order valence-electron chi connectivity index (χ3n) is 3.84. The van der Waals surface area contributed by atoms with E-state index in [1.54, 1.807) is 36.8 Å². The third-order valence-corrected chi connectivity index (χ3v) is 3.84. The van der Waals surface area contributed by atoms with Crippen LogP contribution in [-0.4, -0.2) is 37.1 Å². The molecule has 0 aromatic heterocycles. The van der Waals surface area contributed by atoms with Crippen molar-refractivity contribution < 1.29 is 14.6 Å². The van der Waals surface area contributed by atoms with Gasteiger partial charge in [0.25, 0.3) is 0 Å². The lowest BCUT2D eigenvalue weighted by Gasteiger charge is -2.15. The topological polar surface area (TPSA) is 83.0 Å². The fourth-order valence-electron chi connectivity index (χ4n) is 2.30. The molecular formula is C20H29N3O3. The molecule has 1 aromatic carbocycles. The summed E-state index contributed by atoms with van der Waals surface area (Å²) in [6, 6.07) is 6.86. The first kappa shape index (κ1) is 21.4. The molecule has 26 heavy (non-hydrogen) atoms. The number of benzene rings is 1. The molecule has 0 aliphatic carbocycles. The van der Waals surface area contributed by atoms with Gasteiger partial charge in [0.1, 0.15) is 0 Å². The van der Waals surface area contributed by atoms with E-state index >= 15 is 0 Å². The number of hydrogen-bond acceptors (Lipinski definition) is 4. The number of aliphatic imine (C=N–C) groups is 1. The van der Waals surface area contributed by atoms with Crippen molar-refractivity contribution in [3.05, 3.63) is 59.9 Å². The van der Waals surface area contributed by atoms with E-state index in [0.717, 1.165) is 37.1 Å². The van der Waals surface area contributed by atoms with Crippen LogP contribution in [0.5, 0.6) is 0 Å². The number of ether oxygens (including phenoxy) is 1. The minimum atomic E-state index is -0.921. The fraction of sp³-hybridized carbons (Fsp3) is 0.400. The second kappa shape index (κ2) is 12.7. The number of carbonyl (C=O) groups is 1. The largest absolute Gasteiger partial charge is 0.478 e. The Bertz CT molecular complexity index is 626. The maximum Gasteiger partial charge on any atom is 0.335 e. The second-order valence-electron chi connectivity index (χ2n) is 5.74.